The van der Waals surface area contributed by atoms with E-state index in [1.165, 1.54) is 5.57 Å². The fraction of sp³-hybridized carbons (Fsp3) is 0.400. The topological polar surface area (TPSA) is 38.0 Å². The smallest absolute Gasteiger partial charge is 0.0931 e. The Kier molecular flexibility index (Phi) is 4.62. The molecular formula is C10H15ClN2S. The molecule has 0 radical (unpaired) electrons. The molecule has 0 saturated carbocycles. The van der Waals surface area contributed by atoms with E-state index in [9.17, 15) is 0 Å². The van der Waals surface area contributed by atoms with E-state index >= 15 is 0 Å². The lowest BCUT2D eigenvalue weighted by Crippen LogP contribution is -2.27. The van der Waals surface area contributed by atoms with Crippen LogP contribution in [0, 0.1) is 0 Å². The maximum absolute atomic E-state index is 5.86. The molecule has 0 saturated heterocycles. The number of hydrazine groups is 1. The highest BCUT2D eigenvalue weighted by atomic mass is 35.5. The molecule has 0 aliphatic carbocycles. The third kappa shape index (κ3) is 3.10. The molecule has 14 heavy (non-hydrogen) atoms. The Morgan fingerprint density at radius 3 is 2.86 bits per heavy atom. The monoisotopic (exact) mass is 230 g/mol. The summed E-state index contributed by atoms with van der Waals surface area (Å²) in [6, 6.07) is 4.03. The lowest BCUT2D eigenvalue weighted by Gasteiger charge is -2.14. The van der Waals surface area contributed by atoms with Crippen LogP contribution in [0.1, 0.15) is 30.7 Å². The Balaban J connectivity index is 2.67. The molecule has 0 amide bonds. The van der Waals surface area contributed by atoms with E-state index in [-0.39, 0.29) is 6.04 Å². The lowest BCUT2D eigenvalue weighted by atomic mass is 10.1. The summed E-state index contributed by atoms with van der Waals surface area (Å²) < 4.78 is 0.794. The molecule has 0 aromatic carbocycles. The lowest BCUT2D eigenvalue weighted by molar-refractivity contribution is 0.553. The number of hydrogen-bond donors (Lipinski definition) is 2. The van der Waals surface area contributed by atoms with Crippen LogP contribution in [-0.2, 0) is 0 Å². The van der Waals surface area contributed by atoms with Crippen LogP contribution in [0.3, 0.4) is 0 Å². The number of thiophene rings is 1. The maximum Gasteiger partial charge on any atom is 0.0931 e. The molecule has 1 aromatic rings. The zero-order valence-corrected chi connectivity index (χ0v) is 9.79. The molecule has 0 aliphatic rings. The van der Waals surface area contributed by atoms with Crippen molar-refractivity contribution in [1.82, 2.24) is 5.43 Å². The highest BCUT2D eigenvalue weighted by molar-refractivity contribution is 7.16. The largest absolute Gasteiger partial charge is 0.271 e. The summed E-state index contributed by atoms with van der Waals surface area (Å²) in [5.74, 6) is 5.49. The van der Waals surface area contributed by atoms with Crippen LogP contribution in [0.4, 0.5) is 0 Å². The highest BCUT2D eigenvalue weighted by Gasteiger charge is 2.12. The molecule has 1 aromatic heterocycles. The first-order chi connectivity index (χ1) is 6.67. The Bertz CT molecular complexity index is 309. The van der Waals surface area contributed by atoms with E-state index in [2.05, 4.69) is 18.9 Å². The standard InChI is InChI=1S/C10H15ClN2S/c1-3-7(2)6-8(13-12)9-4-5-10(11)14-9/h4-5,8,13H,2-3,6,12H2,1H3. The van der Waals surface area contributed by atoms with Crippen molar-refractivity contribution in [2.45, 2.75) is 25.8 Å². The van der Waals surface area contributed by atoms with E-state index in [4.69, 9.17) is 17.4 Å². The predicted molar refractivity (Wildman–Crippen MR) is 63.4 cm³/mol. The van der Waals surface area contributed by atoms with Crippen molar-refractivity contribution in [3.8, 4) is 0 Å². The van der Waals surface area contributed by atoms with E-state index < -0.39 is 0 Å². The molecule has 1 atom stereocenters. The molecule has 3 N–H and O–H groups in total. The van der Waals surface area contributed by atoms with E-state index in [1.807, 2.05) is 12.1 Å². The maximum atomic E-state index is 5.86. The molecular weight excluding hydrogens is 216 g/mol. The van der Waals surface area contributed by atoms with Gasteiger partial charge in [-0.1, -0.05) is 30.7 Å². The Morgan fingerprint density at radius 1 is 1.71 bits per heavy atom. The Morgan fingerprint density at radius 2 is 2.43 bits per heavy atom. The van der Waals surface area contributed by atoms with Crippen LogP contribution in [0.5, 0.6) is 0 Å². The van der Waals surface area contributed by atoms with Crippen molar-refractivity contribution in [3.05, 3.63) is 33.5 Å². The van der Waals surface area contributed by atoms with Crippen molar-refractivity contribution in [1.29, 1.82) is 0 Å². The zero-order chi connectivity index (χ0) is 10.6. The first-order valence-corrected chi connectivity index (χ1v) is 5.74. The van der Waals surface area contributed by atoms with Crippen molar-refractivity contribution >= 4 is 22.9 Å². The summed E-state index contributed by atoms with van der Waals surface area (Å²) in [7, 11) is 0. The van der Waals surface area contributed by atoms with Gasteiger partial charge in [-0.3, -0.25) is 11.3 Å². The average Bonchev–Trinajstić information content (AvgIpc) is 2.60. The molecule has 2 nitrogen and oxygen atoms in total. The van der Waals surface area contributed by atoms with Crippen LogP contribution < -0.4 is 11.3 Å². The molecule has 1 unspecified atom stereocenters. The van der Waals surface area contributed by atoms with Gasteiger partial charge in [-0.05, 0) is 25.0 Å². The number of hydrogen-bond acceptors (Lipinski definition) is 3. The first kappa shape index (κ1) is 11.7. The van der Waals surface area contributed by atoms with Crippen LogP contribution in [0.2, 0.25) is 4.34 Å². The number of rotatable bonds is 5. The van der Waals surface area contributed by atoms with Crippen molar-refractivity contribution in [2.75, 3.05) is 0 Å². The van der Waals surface area contributed by atoms with Gasteiger partial charge in [0.25, 0.3) is 0 Å². The molecule has 0 fully saturated rings. The summed E-state index contributed by atoms with van der Waals surface area (Å²) in [5.41, 5.74) is 3.98. The van der Waals surface area contributed by atoms with Crippen LogP contribution in [0.15, 0.2) is 24.3 Å². The number of nitrogens with two attached hydrogens (primary N) is 1. The minimum atomic E-state index is 0.139. The minimum Gasteiger partial charge on any atom is -0.271 e. The third-order valence-electron chi connectivity index (χ3n) is 2.13. The van der Waals surface area contributed by atoms with Crippen LogP contribution >= 0.6 is 22.9 Å². The van der Waals surface area contributed by atoms with E-state index in [0.29, 0.717) is 0 Å². The van der Waals surface area contributed by atoms with Crippen molar-refractivity contribution in [3.63, 3.8) is 0 Å². The minimum absolute atomic E-state index is 0.139. The zero-order valence-electron chi connectivity index (χ0n) is 8.22. The third-order valence-corrected chi connectivity index (χ3v) is 3.48. The SMILES string of the molecule is C=C(CC)CC(NN)c1ccc(Cl)s1. The van der Waals surface area contributed by atoms with E-state index in [0.717, 1.165) is 22.1 Å². The van der Waals surface area contributed by atoms with Crippen LogP contribution in [0.25, 0.3) is 0 Å². The Hall–Kier alpha value is -0.350. The van der Waals surface area contributed by atoms with Gasteiger partial charge in [0.2, 0.25) is 0 Å². The number of nitrogens with one attached hydrogen (secondary N) is 1. The molecule has 1 heterocycles. The molecule has 0 aliphatic heterocycles. The second-order valence-electron chi connectivity index (χ2n) is 3.17. The normalized spacial score (nSPS) is 12.8. The van der Waals surface area contributed by atoms with Gasteiger partial charge in [0, 0.05) is 4.88 Å². The summed E-state index contributed by atoms with van der Waals surface area (Å²) in [4.78, 5) is 1.16. The fourth-order valence-electron chi connectivity index (χ4n) is 1.19. The molecule has 1 rings (SSSR count). The molecule has 4 heteroatoms. The van der Waals surface area contributed by atoms with Crippen LogP contribution in [-0.4, -0.2) is 0 Å². The molecule has 0 bridgehead atoms. The van der Waals surface area contributed by atoms with Gasteiger partial charge in [0.05, 0.1) is 10.4 Å². The fourth-order valence-corrected chi connectivity index (χ4v) is 2.31. The summed E-state index contributed by atoms with van der Waals surface area (Å²) in [5, 5.41) is 0. The second-order valence-corrected chi connectivity index (χ2v) is 4.92. The summed E-state index contributed by atoms with van der Waals surface area (Å²) in [6.07, 6.45) is 1.85. The van der Waals surface area contributed by atoms with Gasteiger partial charge in [-0.15, -0.1) is 11.3 Å². The van der Waals surface area contributed by atoms with E-state index in [1.54, 1.807) is 11.3 Å². The molecule has 78 valence electrons. The quantitative estimate of drug-likeness (QED) is 0.463. The molecule has 0 spiro atoms. The van der Waals surface area contributed by atoms with Gasteiger partial charge < -0.3 is 0 Å². The van der Waals surface area contributed by atoms with Gasteiger partial charge in [0.1, 0.15) is 0 Å². The average molecular weight is 231 g/mol. The van der Waals surface area contributed by atoms with Gasteiger partial charge in [-0.25, -0.2) is 0 Å². The Labute approximate surface area is 93.7 Å². The van der Waals surface area contributed by atoms with Crippen molar-refractivity contribution < 1.29 is 0 Å². The predicted octanol–water partition coefficient (Wildman–Crippen LogP) is 3.26. The first-order valence-electron chi connectivity index (χ1n) is 4.55. The summed E-state index contributed by atoms with van der Waals surface area (Å²) >= 11 is 7.41. The highest BCUT2D eigenvalue weighted by Crippen LogP contribution is 2.30. The number of halogens is 1. The van der Waals surface area contributed by atoms with Gasteiger partial charge in [-0.2, -0.15) is 0 Å². The second kappa shape index (κ2) is 5.51. The van der Waals surface area contributed by atoms with Gasteiger partial charge in [0.15, 0.2) is 0 Å². The summed E-state index contributed by atoms with van der Waals surface area (Å²) in [6.45, 7) is 6.06. The van der Waals surface area contributed by atoms with Crippen molar-refractivity contribution in [2.24, 2.45) is 5.84 Å². The van der Waals surface area contributed by atoms with Gasteiger partial charge >= 0.3 is 0 Å².